The summed E-state index contributed by atoms with van der Waals surface area (Å²) in [4.78, 5) is 0. The Morgan fingerprint density at radius 1 is 0.892 bits per heavy atom. The van der Waals surface area contributed by atoms with Crippen molar-refractivity contribution in [3.63, 3.8) is 0 Å². The maximum atomic E-state index is 14.8. The zero-order valence-corrected chi connectivity index (χ0v) is 21.7. The van der Waals surface area contributed by atoms with Crippen LogP contribution in [0.5, 0.6) is 23.0 Å². The van der Waals surface area contributed by atoms with Gasteiger partial charge in [-0.25, -0.2) is 8.78 Å². The first kappa shape index (κ1) is 23.7. The third-order valence-electron chi connectivity index (χ3n) is 7.34. The second-order valence-electron chi connectivity index (χ2n) is 9.20. The Labute approximate surface area is 221 Å². The molecule has 2 aliphatic heterocycles. The van der Waals surface area contributed by atoms with Crippen LogP contribution in [0.1, 0.15) is 16.7 Å². The monoisotopic (exact) mass is 565 g/mol. The maximum Gasteiger partial charge on any atom is 0.231 e. The fraction of sp³-hybridized carbons (Fsp3) is 0.207. The van der Waals surface area contributed by atoms with Crippen LogP contribution < -0.4 is 40.5 Å². The summed E-state index contributed by atoms with van der Waals surface area (Å²) in [6.07, 6.45) is 3.21. The molecule has 0 bridgehead atoms. The van der Waals surface area contributed by atoms with Crippen LogP contribution in [0.15, 0.2) is 48.7 Å². The van der Waals surface area contributed by atoms with Crippen molar-refractivity contribution >= 4 is 32.4 Å². The van der Waals surface area contributed by atoms with Crippen LogP contribution in [0.25, 0.3) is 32.4 Å². The summed E-state index contributed by atoms with van der Waals surface area (Å²) in [5, 5.41) is 4.97. The first-order valence-electron chi connectivity index (χ1n) is 11.8. The number of fused-ring (bicyclic) bond motifs is 4. The largest absolute Gasteiger partial charge is 1.00 e. The minimum absolute atomic E-state index is 0. The lowest BCUT2D eigenvalue weighted by molar-refractivity contribution is -0.670. The van der Waals surface area contributed by atoms with Crippen LogP contribution in [0.3, 0.4) is 0 Å². The molecule has 37 heavy (non-hydrogen) atoms. The van der Waals surface area contributed by atoms with E-state index in [0.717, 1.165) is 57.0 Å². The third-order valence-corrected chi connectivity index (χ3v) is 7.34. The second kappa shape index (κ2) is 8.73. The summed E-state index contributed by atoms with van der Waals surface area (Å²) in [6.45, 7) is 0.936. The van der Waals surface area contributed by atoms with E-state index in [1.54, 1.807) is 14.2 Å². The summed E-state index contributed by atoms with van der Waals surface area (Å²) in [7, 11) is 3.26. The minimum Gasteiger partial charge on any atom is -1.00 e. The summed E-state index contributed by atoms with van der Waals surface area (Å²) < 4.78 is 53.7. The Bertz CT molecular complexity index is 1750. The smallest absolute Gasteiger partial charge is 0.231 e. The number of aromatic nitrogens is 1. The molecule has 0 N–H and O–H groups in total. The lowest BCUT2D eigenvalue weighted by atomic mass is 9.88. The van der Waals surface area contributed by atoms with E-state index in [-0.39, 0.29) is 30.2 Å². The molecule has 0 saturated heterocycles. The average molecular weight is 566 g/mol. The van der Waals surface area contributed by atoms with Gasteiger partial charge in [-0.15, -0.1) is 0 Å². The zero-order chi connectivity index (χ0) is 24.6. The molecule has 0 fully saturated rings. The van der Waals surface area contributed by atoms with Gasteiger partial charge in [0.25, 0.3) is 0 Å². The highest BCUT2D eigenvalue weighted by atomic mass is 79.9. The number of rotatable bonds is 4. The topological polar surface area (TPSA) is 40.8 Å². The van der Waals surface area contributed by atoms with Crippen molar-refractivity contribution in [3.05, 3.63) is 77.0 Å². The highest BCUT2D eigenvalue weighted by molar-refractivity contribution is 6.18. The van der Waals surface area contributed by atoms with E-state index < -0.39 is 11.6 Å². The van der Waals surface area contributed by atoms with Gasteiger partial charge in [-0.1, -0.05) is 6.07 Å². The lowest BCUT2D eigenvalue weighted by Crippen LogP contribution is -3.00. The number of hydrogen-bond acceptors (Lipinski definition) is 4. The van der Waals surface area contributed by atoms with E-state index in [2.05, 4.69) is 22.9 Å². The first-order chi connectivity index (χ1) is 17.6. The molecule has 0 atom stereocenters. The summed E-state index contributed by atoms with van der Waals surface area (Å²) >= 11 is 0. The molecule has 5 aromatic rings. The van der Waals surface area contributed by atoms with Crippen molar-refractivity contribution in [1.29, 1.82) is 0 Å². The van der Waals surface area contributed by atoms with E-state index >= 15 is 0 Å². The normalized spacial score (nSPS) is 13.4. The molecule has 3 heterocycles. The predicted octanol–water partition coefficient (Wildman–Crippen LogP) is 2.61. The summed E-state index contributed by atoms with van der Waals surface area (Å²) in [5.41, 5.74) is 3.56. The molecule has 188 valence electrons. The molecule has 0 amide bonds. The molecular weight excluding hydrogens is 544 g/mol. The molecule has 2 aliphatic rings. The highest BCUT2D eigenvalue weighted by Crippen LogP contribution is 2.48. The quantitative estimate of drug-likeness (QED) is 0.248. The second-order valence-corrected chi connectivity index (χ2v) is 9.20. The number of nitrogens with zero attached hydrogens (tertiary/aromatic N) is 1. The Morgan fingerprint density at radius 3 is 2.54 bits per heavy atom. The molecule has 0 radical (unpaired) electrons. The SMILES string of the molecule is COc1ccc2c(c[n+]3c4c2cc(Cc2ccc(F)cc2F)c2c5c(cc(c24)CC3)OCO5)c1OC.[Br-]. The molecule has 0 saturated carbocycles. The number of aryl methyl sites for hydroxylation is 2. The van der Waals surface area contributed by atoms with Crippen LogP contribution in [-0.2, 0) is 19.4 Å². The van der Waals surface area contributed by atoms with Crippen LogP contribution in [-0.4, -0.2) is 21.0 Å². The van der Waals surface area contributed by atoms with Gasteiger partial charge in [-0.3, -0.25) is 0 Å². The third kappa shape index (κ3) is 3.42. The van der Waals surface area contributed by atoms with Gasteiger partial charge in [0.15, 0.2) is 35.7 Å². The van der Waals surface area contributed by atoms with Crippen molar-refractivity contribution in [3.8, 4) is 23.0 Å². The number of ether oxygens (including phenoxy) is 4. The Hall–Kier alpha value is -3.65. The van der Waals surface area contributed by atoms with E-state index in [4.69, 9.17) is 18.9 Å². The van der Waals surface area contributed by atoms with Crippen LogP contribution in [0.2, 0.25) is 0 Å². The molecule has 5 nitrogen and oxygen atoms in total. The first-order valence-corrected chi connectivity index (χ1v) is 11.8. The summed E-state index contributed by atoms with van der Waals surface area (Å²) in [5.74, 6) is 1.55. The maximum absolute atomic E-state index is 14.8. The van der Waals surface area contributed by atoms with Crippen LogP contribution in [0.4, 0.5) is 8.78 Å². The van der Waals surface area contributed by atoms with Gasteiger partial charge in [0.05, 0.1) is 30.4 Å². The minimum atomic E-state index is -0.595. The molecule has 0 unspecified atom stereocenters. The van der Waals surface area contributed by atoms with Crippen molar-refractivity contribution in [2.45, 2.75) is 19.4 Å². The summed E-state index contributed by atoms with van der Waals surface area (Å²) in [6, 6.07) is 11.8. The van der Waals surface area contributed by atoms with Crippen LogP contribution >= 0.6 is 0 Å². The molecule has 8 heteroatoms. The standard InChI is InChI=1S/C29H22F2NO4.BrH/c1-33-23-6-5-19-20-10-17(9-15-3-4-18(30)12-22(15)31)26-25-16(11-24-29(26)36-14-35-24)7-8-32(27(20)25)13-21(19)28(23)34-2;/h3-6,10-13H,7-9,14H2,1-2H3;1H/q+1;/p-1. The van der Waals surface area contributed by atoms with Gasteiger partial charge in [0, 0.05) is 29.7 Å². The van der Waals surface area contributed by atoms with Crippen LogP contribution in [0, 0.1) is 11.6 Å². The van der Waals surface area contributed by atoms with Gasteiger partial charge >= 0.3 is 0 Å². The molecule has 0 aliphatic carbocycles. The number of halogens is 3. The average Bonchev–Trinajstić information content (AvgIpc) is 3.36. The zero-order valence-electron chi connectivity index (χ0n) is 20.2. The Kier molecular flexibility index (Phi) is 5.60. The molecule has 0 spiro atoms. The lowest BCUT2D eigenvalue weighted by Gasteiger charge is -2.20. The Morgan fingerprint density at radius 2 is 1.76 bits per heavy atom. The van der Waals surface area contributed by atoms with E-state index in [9.17, 15) is 8.78 Å². The Balaban J connectivity index is 0.00000252. The van der Waals surface area contributed by atoms with Crippen molar-refractivity contribution in [2.75, 3.05) is 21.0 Å². The van der Waals surface area contributed by atoms with E-state index in [1.807, 2.05) is 12.1 Å². The fourth-order valence-corrected chi connectivity index (χ4v) is 5.78. The predicted molar refractivity (Wildman–Crippen MR) is 131 cm³/mol. The van der Waals surface area contributed by atoms with Gasteiger partial charge in [-0.2, -0.15) is 4.57 Å². The number of hydrogen-bond donors (Lipinski definition) is 0. The molecule has 4 aromatic carbocycles. The van der Waals surface area contributed by atoms with Crippen molar-refractivity contribution < 1.29 is 49.3 Å². The number of pyridine rings is 1. The number of methoxy groups -OCH3 is 2. The van der Waals surface area contributed by atoms with Gasteiger partial charge in [0.1, 0.15) is 11.6 Å². The van der Waals surface area contributed by atoms with E-state index in [1.165, 1.54) is 17.7 Å². The van der Waals surface area contributed by atoms with Crippen molar-refractivity contribution in [2.24, 2.45) is 0 Å². The van der Waals surface area contributed by atoms with Crippen molar-refractivity contribution in [1.82, 2.24) is 0 Å². The number of benzene rings is 4. The molecule has 1 aromatic heterocycles. The highest BCUT2D eigenvalue weighted by Gasteiger charge is 2.32. The molecule has 7 rings (SSSR count). The van der Waals surface area contributed by atoms with Gasteiger partial charge < -0.3 is 35.9 Å². The van der Waals surface area contributed by atoms with Gasteiger partial charge in [-0.05, 0) is 47.0 Å². The fourth-order valence-electron chi connectivity index (χ4n) is 5.78. The van der Waals surface area contributed by atoms with Gasteiger partial charge in [0.2, 0.25) is 12.3 Å². The molecular formula is C29H22BrF2NO4. The van der Waals surface area contributed by atoms with E-state index in [0.29, 0.717) is 28.6 Å².